The molecule has 6 heteroatoms. The van der Waals surface area contributed by atoms with Crippen molar-refractivity contribution in [2.75, 3.05) is 25.0 Å². The molecule has 19 heavy (non-hydrogen) atoms. The average molecular weight is 282 g/mol. The number of nitrogens with two attached hydrogens (primary N) is 1. The molecule has 0 aliphatic carbocycles. The molecule has 1 aliphatic rings. The molecule has 2 heterocycles. The molecule has 1 saturated heterocycles. The van der Waals surface area contributed by atoms with Crippen LogP contribution in [0.2, 0.25) is 0 Å². The zero-order valence-corrected chi connectivity index (χ0v) is 12.4. The van der Waals surface area contributed by atoms with Gasteiger partial charge >= 0.3 is 0 Å². The Hall–Kier alpha value is -0.980. The van der Waals surface area contributed by atoms with Crippen molar-refractivity contribution in [3.05, 3.63) is 11.1 Å². The van der Waals surface area contributed by atoms with E-state index in [1.165, 1.54) is 11.3 Å². The van der Waals surface area contributed by atoms with Crippen molar-refractivity contribution in [1.82, 2.24) is 9.88 Å². The molecule has 106 valence electrons. The molecule has 0 bridgehead atoms. The number of aromatic nitrogens is 1. The first kappa shape index (κ1) is 14.4. The van der Waals surface area contributed by atoms with Crippen LogP contribution >= 0.6 is 11.3 Å². The summed E-state index contributed by atoms with van der Waals surface area (Å²) < 4.78 is 0. The van der Waals surface area contributed by atoms with Crippen LogP contribution in [0, 0.1) is 12.8 Å². The van der Waals surface area contributed by atoms with E-state index in [1.54, 1.807) is 0 Å². The second-order valence-corrected chi connectivity index (χ2v) is 6.17. The Morgan fingerprint density at radius 1 is 1.63 bits per heavy atom. The lowest BCUT2D eigenvalue weighted by atomic mass is 9.91. The fourth-order valence-corrected chi connectivity index (χ4v) is 3.11. The minimum absolute atomic E-state index is 0.0218. The topological polar surface area (TPSA) is 71.2 Å². The van der Waals surface area contributed by atoms with Crippen LogP contribution < -0.4 is 11.1 Å². The number of piperidine rings is 1. The molecule has 1 amide bonds. The number of thiazole rings is 1. The second-order valence-electron chi connectivity index (χ2n) is 5.31. The van der Waals surface area contributed by atoms with E-state index in [0.717, 1.165) is 31.6 Å². The third-order valence-corrected chi connectivity index (χ3v) is 4.48. The SMILES string of the molecule is Cc1csc(NC(=O)CN2CCC(C(C)N)CC2)n1. The van der Waals surface area contributed by atoms with Gasteiger partial charge in [-0.15, -0.1) is 11.3 Å². The fourth-order valence-electron chi connectivity index (χ4n) is 2.41. The second kappa shape index (κ2) is 6.45. The van der Waals surface area contributed by atoms with Crippen LogP contribution in [0.4, 0.5) is 5.13 Å². The van der Waals surface area contributed by atoms with E-state index in [0.29, 0.717) is 17.6 Å². The number of anilines is 1. The molecule has 2 rings (SSSR count). The highest BCUT2D eigenvalue weighted by atomic mass is 32.1. The van der Waals surface area contributed by atoms with Gasteiger partial charge in [0.25, 0.3) is 0 Å². The number of nitrogens with one attached hydrogen (secondary N) is 1. The Labute approximate surface area is 118 Å². The van der Waals surface area contributed by atoms with Gasteiger partial charge in [0.15, 0.2) is 5.13 Å². The van der Waals surface area contributed by atoms with Gasteiger partial charge in [-0.1, -0.05) is 0 Å². The van der Waals surface area contributed by atoms with Gasteiger partial charge in [-0.2, -0.15) is 0 Å². The van der Waals surface area contributed by atoms with Crippen molar-refractivity contribution in [3.63, 3.8) is 0 Å². The monoisotopic (exact) mass is 282 g/mol. The van der Waals surface area contributed by atoms with Gasteiger partial charge in [-0.3, -0.25) is 9.69 Å². The highest BCUT2D eigenvalue weighted by Crippen LogP contribution is 2.19. The molecule has 5 nitrogen and oxygen atoms in total. The summed E-state index contributed by atoms with van der Waals surface area (Å²) in [5, 5.41) is 5.47. The zero-order valence-electron chi connectivity index (χ0n) is 11.6. The smallest absolute Gasteiger partial charge is 0.240 e. The molecule has 0 spiro atoms. The van der Waals surface area contributed by atoms with Crippen molar-refractivity contribution >= 4 is 22.4 Å². The summed E-state index contributed by atoms with van der Waals surface area (Å²) >= 11 is 1.47. The van der Waals surface area contributed by atoms with Crippen LogP contribution in [-0.4, -0.2) is 41.5 Å². The quantitative estimate of drug-likeness (QED) is 0.877. The summed E-state index contributed by atoms with van der Waals surface area (Å²) in [6.45, 7) is 6.35. The molecule has 3 N–H and O–H groups in total. The van der Waals surface area contributed by atoms with Crippen LogP contribution in [0.15, 0.2) is 5.38 Å². The fraction of sp³-hybridized carbons (Fsp3) is 0.692. The summed E-state index contributed by atoms with van der Waals surface area (Å²) in [6.07, 6.45) is 2.17. The summed E-state index contributed by atoms with van der Waals surface area (Å²) in [4.78, 5) is 18.3. The maximum absolute atomic E-state index is 11.9. The number of rotatable bonds is 4. The minimum atomic E-state index is 0.0218. The highest BCUT2D eigenvalue weighted by molar-refractivity contribution is 7.13. The maximum atomic E-state index is 11.9. The number of amides is 1. The number of aryl methyl sites for hydroxylation is 1. The van der Waals surface area contributed by atoms with Crippen LogP contribution in [0.3, 0.4) is 0 Å². The molecular formula is C13H22N4OS. The van der Waals surface area contributed by atoms with Crippen molar-refractivity contribution in [2.24, 2.45) is 11.7 Å². The third-order valence-electron chi connectivity index (χ3n) is 3.61. The van der Waals surface area contributed by atoms with E-state index < -0.39 is 0 Å². The molecular weight excluding hydrogens is 260 g/mol. The largest absolute Gasteiger partial charge is 0.328 e. The Morgan fingerprint density at radius 2 is 2.32 bits per heavy atom. The summed E-state index contributed by atoms with van der Waals surface area (Å²) in [6, 6.07) is 0.259. The summed E-state index contributed by atoms with van der Waals surface area (Å²) in [5.74, 6) is 0.620. The van der Waals surface area contributed by atoms with E-state index in [2.05, 4.69) is 22.1 Å². The first-order valence-corrected chi connectivity index (χ1v) is 7.62. The van der Waals surface area contributed by atoms with Gasteiger partial charge in [-0.25, -0.2) is 4.98 Å². The molecule has 1 unspecified atom stereocenters. The van der Waals surface area contributed by atoms with Crippen LogP contribution in [0.25, 0.3) is 0 Å². The van der Waals surface area contributed by atoms with Crippen LogP contribution in [-0.2, 0) is 4.79 Å². The number of carbonyl (C=O) groups is 1. The van der Waals surface area contributed by atoms with E-state index in [1.807, 2.05) is 12.3 Å². The van der Waals surface area contributed by atoms with Gasteiger partial charge in [0.1, 0.15) is 0 Å². The molecule has 1 aromatic heterocycles. The van der Waals surface area contributed by atoms with Crippen molar-refractivity contribution in [2.45, 2.75) is 32.7 Å². The summed E-state index contributed by atoms with van der Waals surface area (Å²) in [5.41, 5.74) is 6.86. The standard InChI is InChI=1S/C13H22N4OS/c1-9-8-19-13(15-9)16-12(18)7-17-5-3-11(4-6-17)10(2)14/h8,10-11H,3-7,14H2,1-2H3,(H,15,16,18). The first-order chi connectivity index (χ1) is 9.04. The van der Waals surface area contributed by atoms with Gasteiger partial charge < -0.3 is 11.1 Å². The molecule has 0 aromatic carbocycles. The zero-order chi connectivity index (χ0) is 13.8. The number of hydrogen-bond donors (Lipinski definition) is 2. The predicted molar refractivity (Wildman–Crippen MR) is 78.3 cm³/mol. The van der Waals surface area contributed by atoms with Gasteiger partial charge in [0.2, 0.25) is 5.91 Å². The number of likely N-dealkylation sites (tertiary alicyclic amines) is 1. The first-order valence-electron chi connectivity index (χ1n) is 6.74. The molecule has 0 radical (unpaired) electrons. The van der Waals surface area contributed by atoms with E-state index in [9.17, 15) is 4.79 Å². The normalized spacial score (nSPS) is 19.3. The number of carbonyl (C=O) groups excluding carboxylic acids is 1. The van der Waals surface area contributed by atoms with E-state index >= 15 is 0 Å². The average Bonchev–Trinajstić information content (AvgIpc) is 2.75. The Bertz CT molecular complexity index is 424. The van der Waals surface area contributed by atoms with Crippen LogP contribution in [0.5, 0.6) is 0 Å². The molecule has 1 fully saturated rings. The summed E-state index contributed by atoms with van der Waals surface area (Å²) in [7, 11) is 0. The number of nitrogens with zero attached hydrogens (tertiary/aromatic N) is 2. The van der Waals surface area contributed by atoms with Crippen molar-refractivity contribution < 1.29 is 4.79 Å². The lowest BCUT2D eigenvalue weighted by Crippen LogP contribution is -2.42. The van der Waals surface area contributed by atoms with Gasteiger partial charge in [-0.05, 0) is 45.7 Å². The highest BCUT2D eigenvalue weighted by Gasteiger charge is 2.23. The molecule has 1 atom stereocenters. The van der Waals surface area contributed by atoms with E-state index in [4.69, 9.17) is 5.73 Å². The van der Waals surface area contributed by atoms with Gasteiger partial charge in [0, 0.05) is 11.4 Å². The van der Waals surface area contributed by atoms with E-state index in [-0.39, 0.29) is 11.9 Å². The lowest BCUT2D eigenvalue weighted by molar-refractivity contribution is -0.117. The van der Waals surface area contributed by atoms with Gasteiger partial charge in [0.05, 0.1) is 12.2 Å². The minimum Gasteiger partial charge on any atom is -0.328 e. The maximum Gasteiger partial charge on any atom is 0.240 e. The van der Waals surface area contributed by atoms with Crippen LogP contribution in [0.1, 0.15) is 25.5 Å². The Kier molecular flexibility index (Phi) is 4.90. The van der Waals surface area contributed by atoms with Crippen molar-refractivity contribution in [1.29, 1.82) is 0 Å². The number of hydrogen-bond acceptors (Lipinski definition) is 5. The molecule has 1 aliphatic heterocycles. The van der Waals surface area contributed by atoms with Crippen molar-refractivity contribution in [3.8, 4) is 0 Å². The molecule has 1 aromatic rings. The Balaban J connectivity index is 1.75. The lowest BCUT2D eigenvalue weighted by Gasteiger charge is -2.33. The predicted octanol–water partition coefficient (Wildman–Crippen LogP) is 1.45. The Morgan fingerprint density at radius 3 is 2.84 bits per heavy atom. The third kappa shape index (κ3) is 4.26. The molecule has 0 saturated carbocycles.